The minimum absolute atomic E-state index is 0.114. The Balaban J connectivity index is 2.14. The van der Waals surface area contributed by atoms with Crippen molar-refractivity contribution in [3.05, 3.63) is 0 Å². The molecule has 0 saturated heterocycles. The van der Waals surface area contributed by atoms with E-state index in [2.05, 4.69) is 16.8 Å². The lowest BCUT2D eigenvalue weighted by Crippen LogP contribution is -2.31. The molecule has 100 valence electrons. The molecule has 0 spiro atoms. The van der Waals surface area contributed by atoms with Crippen LogP contribution in [0.25, 0.3) is 0 Å². The summed E-state index contributed by atoms with van der Waals surface area (Å²) in [6.45, 7) is 3.84. The summed E-state index contributed by atoms with van der Waals surface area (Å²) in [5.41, 5.74) is -0.114. The Morgan fingerprint density at radius 1 is 1.29 bits per heavy atom. The second kappa shape index (κ2) is 8.76. The summed E-state index contributed by atoms with van der Waals surface area (Å²) in [6.07, 6.45) is 8.79. The van der Waals surface area contributed by atoms with Crippen LogP contribution in [0.1, 0.15) is 51.9 Å². The van der Waals surface area contributed by atoms with Crippen LogP contribution in [0.2, 0.25) is 0 Å². The minimum Gasteiger partial charge on any atom is -0.395 e. The van der Waals surface area contributed by atoms with E-state index in [1.54, 1.807) is 0 Å². The quantitative estimate of drug-likeness (QED) is 0.393. The molecule has 17 heavy (non-hydrogen) atoms. The number of hydrogen-bond donors (Lipinski definition) is 1. The molecule has 1 unspecified atom stereocenters. The van der Waals surface area contributed by atoms with Crippen LogP contribution in [0.15, 0.2) is 4.99 Å². The van der Waals surface area contributed by atoms with Gasteiger partial charge in [-0.25, -0.2) is 0 Å². The number of β-amino-alcohol motifs (C(OH)–C–C–N with tert-alkyl or cyclic N) is 1. The Hall–Kier alpha value is -0.280. The fourth-order valence-corrected chi connectivity index (χ4v) is 2.48. The molecule has 1 rings (SSSR count). The maximum Gasteiger partial charge on any atom is 0.143 e. The fraction of sp³-hybridized carbons (Fsp3) is 0.923. The van der Waals surface area contributed by atoms with E-state index in [9.17, 15) is 0 Å². The molecule has 4 heteroatoms. The predicted molar refractivity (Wildman–Crippen MR) is 73.7 cm³/mol. The highest BCUT2D eigenvalue weighted by Gasteiger charge is 2.21. The third-order valence-electron chi connectivity index (χ3n) is 3.15. The Labute approximate surface area is 110 Å². The second-order valence-electron chi connectivity index (χ2n) is 4.67. The average Bonchev–Trinajstić information content (AvgIpc) is 2.65. The van der Waals surface area contributed by atoms with Crippen molar-refractivity contribution in [2.24, 2.45) is 4.99 Å². The molecule has 1 N–H and O–H groups in total. The number of aliphatic hydroxyl groups excluding tert-OH is 1. The number of halogens is 1. The van der Waals surface area contributed by atoms with Crippen LogP contribution in [-0.2, 0) is 0 Å². The molecule has 0 radical (unpaired) electrons. The van der Waals surface area contributed by atoms with Gasteiger partial charge < -0.3 is 10.0 Å². The summed E-state index contributed by atoms with van der Waals surface area (Å²) in [7, 11) is 0. The zero-order valence-electron chi connectivity index (χ0n) is 10.9. The van der Waals surface area contributed by atoms with Gasteiger partial charge in [-0.1, -0.05) is 50.6 Å². The van der Waals surface area contributed by atoms with Gasteiger partial charge in [-0.05, 0) is 6.42 Å². The molecule has 0 amide bonds. The van der Waals surface area contributed by atoms with Gasteiger partial charge in [0, 0.05) is 13.0 Å². The molecular weight excluding hydrogens is 236 g/mol. The van der Waals surface area contributed by atoms with Crippen LogP contribution < -0.4 is 0 Å². The molecule has 3 nitrogen and oxygen atoms in total. The van der Waals surface area contributed by atoms with Gasteiger partial charge in [-0.2, -0.15) is 0 Å². The Bertz CT molecular complexity index is 233. The lowest BCUT2D eigenvalue weighted by atomic mass is 10.1. The molecule has 0 aliphatic carbocycles. The number of rotatable bonds is 9. The van der Waals surface area contributed by atoms with E-state index in [4.69, 9.17) is 16.7 Å². The van der Waals surface area contributed by atoms with Crippen LogP contribution in [0, 0.1) is 0 Å². The van der Waals surface area contributed by atoms with Crippen molar-refractivity contribution in [3.8, 4) is 0 Å². The number of hydrogen-bond acceptors (Lipinski definition) is 3. The topological polar surface area (TPSA) is 35.8 Å². The molecule has 1 heterocycles. The Morgan fingerprint density at radius 3 is 2.71 bits per heavy atom. The van der Waals surface area contributed by atoms with Gasteiger partial charge in [0.05, 0.1) is 13.2 Å². The summed E-state index contributed by atoms with van der Waals surface area (Å²) in [5, 5.41) is 8.96. The van der Waals surface area contributed by atoms with Gasteiger partial charge in [0.25, 0.3) is 0 Å². The summed E-state index contributed by atoms with van der Waals surface area (Å²) < 4.78 is 0. The molecule has 1 aliphatic rings. The van der Waals surface area contributed by atoms with Gasteiger partial charge in [0.1, 0.15) is 11.3 Å². The van der Waals surface area contributed by atoms with Crippen molar-refractivity contribution in [2.45, 2.75) is 57.4 Å². The number of amidine groups is 1. The largest absolute Gasteiger partial charge is 0.395 e. The molecule has 0 aromatic carbocycles. The van der Waals surface area contributed by atoms with Crippen molar-refractivity contribution in [1.29, 1.82) is 0 Å². The number of alkyl halides is 1. The van der Waals surface area contributed by atoms with Gasteiger partial charge in [0.15, 0.2) is 0 Å². The number of aliphatic imine (C=N–C) groups is 1. The van der Waals surface area contributed by atoms with Crippen molar-refractivity contribution >= 4 is 17.4 Å². The SMILES string of the molecule is CCCCCCCCC1=NC(Cl)CN1CCO. The van der Waals surface area contributed by atoms with Crippen LogP contribution >= 0.6 is 11.6 Å². The van der Waals surface area contributed by atoms with Crippen molar-refractivity contribution in [2.75, 3.05) is 19.7 Å². The van der Waals surface area contributed by atoms with Crippen molar-refractivity contribution in [1.82, 2.24) is 4.90 Å². The van der Waals surface area contributed by atoms with E-state index in [-0.39, 0.29) is 12.1 Å². The molecule has 1 atom stereocenters. The highest BCUT2D eigenvalue weighted by molar-refractivity contribution is 6.22. The highest BCUT2D eigenvalue weighted by atomic mass is 35.5. The van der Waals surface area contributed by atoms with Crippen LogP contribution in [0.4, 0.5) is 0 Å². The molecule has 0 saturated carbocycles. The van der Waals surface area contributed by atoms with Gasteiger partial charge >= 0.3 is 0 Å². The average molecular weight is 261 g/mol. The number of nitrogens with zero attached hydrogens (tertiary/aromatic N) is 2. The van der Waals surface area contributed by atoms with Crippen molar-refractivity contribution < 1.29 is 5.11 Å². The van der Waals surface area contributed by atoms with E-state index < -0.39 is 0 Å². The minimum atomic E-state index is -0.114. The molecular formula is C13H25ClN2O. The number of aliphatic hydroxyl groups is 1. The maximum atomic E-state index is 8.96. The van der Waals surface area contributed by atoms with Crippen molar-refractivity contribution in [3.63, 3.8) is 0 Å². The van der Waals surface area contributed by atoms with Gasteiger partial charge in [-0.15, -0.1) is 0 Å². The summed E-state index contributed by atoms with van der Waals surface area (Å²) in [4.78, 5) is 6.53. The second-order valence-corrected chi connectivity index (χ2v) is 5.17. The summed E-state index contributed by atoms with van der Waals surface area (Å²) in [6, 6.07) is 0. The van der Waals surface area contributed by atoms with E-state index in [1.165, 1.54) is 38.5 Å². The summed E-state index contributed by atoms with van der Waals surface area (Å²) in [5.74, 6) is 1.09. The first-order valence-electron chi connectivity index (χ1n) is 6.84. The third-order valence-corrected chi connectivity index (χ3v) is 3.38. The van der Waals surface area contributed by atoms with Gasteiger partial charge in [0.2, 0.25) is 0 Å². The Morgan fingerprint density at radius 2 is 2.00 bits per heavy atom. The maximum absolute atomic E-state index is 8.96. The zero-order valence-corrected chi connectivity index (χ0v) is 11.6. The molecule has 0 fully saturated rings. The highest BCUT2D eigenvalue weighted by Crippen LogP contribution is 2.17. The standard InChI is InChI=1S/C13H25ClN2O/c1-2-3-4-5-6-7-8-13-15-12(14)11-16(13)9-10-17/h12,17H,2-11H2,1H3. The molecule has 0 aromatic heterocycles. The van der Waals surface area contributed by atoms with Crippen LogP contribution in [-0.4, -0.2) is 41.0 Å². The van der Waals surface area contributed by atoms with E-state index in [1.807, 2.05) is 0 Å². The fourth-order valence-electron chi connectivity index (χ4n) is 2.20. The zero-order chi connectivity index (χ0) is 12.5. The normalized spacial score (nSPS) is 19.8. The van der Waals surface area contributed by atoms with Crippen LogP contribution in [0.5, 0.6) is 0 Å². The third kappa shape index (κ3) is 5.73. The first kappa shape index (κ1) is 14.8. The van der Waals surface area contributed by atoms with E-state index >= 15 is 0 Å². The monoisotopic (exact) mass is 260 g/mol. The lowest BCUT2D eigenvalue weighted by molar-refractivity contribution is 0.254. The molecule has 0 bridgehead atoms. The molecule has 0 aromatic rings. The predicted octanol–water partition coefficient (Wildman–Crippen LogP) is 3.01. The first-order valence-corrected chi connectivity index (χ1v) is 7.28. The Kier molecular flexibility index (Phi) is 7.62. The van der Waals surface area contributed by atoms with Gasteiger partial charge in [-0.3, -0.25) is 4.99 Å². The van der Waals surface area contributed by atoms with E-state index in [0.717, 1.165) is 18.8 Å². The first-order chi connectivity index (χ1) is 8.27. The smallest absolute Gasteiger partial charge is 0.143 e. The summed E-state index contributed by atoms with van der Waals surface area (Å²) >= 11 is 6.01. The van der Waals surface area contributed by atoms with E-state index in [0.29, 0.717) is 6.54 Å². The lowest BCUT2D eigenvalue weighted by Gasteiger charge is -2.18. The number of unbranched alkanes of at least 4 members (excludes halogenated alkanes) is 5. The van der Waals surface area contributed by atoms with Crippen LogP contribution in [0.3, 0.4) is 0 Å². The molecule has 1 aliphatic heterocycles.